The predicted molar refractivity (Wildman–Crippen MR) is 115 cm³/mol. The van der Waals surface area contributed by atoms with Crippen molar-refractivity contribution in [1.29, 1.82) is 0 Å². The van der Waals surface area contributed by atoms with Crippen LogP contribution in [0, 0.1) is 12.7 Å². The smallest absolute Gasteiger partial charge is 0.352 e. The molecule has 0 aliphatic heterocycles. The topological polar surface area (TPSA) is 57.8 Å². The van der Waals surface area contributed by atoms with E-state index in [1.165, 1.54) is 18.2 Å². The van der Waals surface area contributed by atoms with E-state index in [0.29, 0.717) is 45.4 Å². The summed E-state index contributed by atoms with van der Waals surface area (Å²) in [6.07, 6.45) is -4.41. The number of hydrogen-bond acceptors (Lipinski definition) is 2. The third-order valence-electron chi connectivity index (χ3n) is 5.30. The number of alkyl halides is 3. The second-order valence-corrected chi connectivity index (χ2v) is 7.40. The van der Waals surface area contributed by atoms with E-state index >= 15 is 0 Å². The molecule has 0 saturated heterocycles. The fourth-order valence-electron chi connectivity index (χ4n) is 3.60. The highest BCUT2D eigenvalue weighted by Gasteiger charge is 2.30. The van der Waals surface area contributed by atoms with Gasteiger partial charge < -0.3 is 5.32 Å². The Morgan fingerprint density at radius 1 is 1.03 bits per heavy atom. The maximum Gasteiger partial charge on any atom is 0.416 e. The number of carbonyl (C=O) groups is 1. The zero-order valence-electron chi connectivity index (χ0n) is 17.3. The van der Waals surface area contributed by atoms with Crippen molar-refractivity contribution < 1.29 is 22.4 Å². The van der Waals surface area contributed by atoms with Crippen molar-refractivity contribution in [3.8, 4) is 22.4 Å². The molecule has 4 rings (SSSR count). The number of aromatic amines is 1. The Labute approximate surface area is 181 Å². The van der Waals surface area contributed by atoms with Crippen LogP contribution in [0.1, 0.15) is 28.4 Å². The van der Waals surface area contributed by atoms with E-state index in [0.717, 1.165) is 12.1 Å². The molecule has 0 bridgehead atoms. The summed E-state index contributed by atoms with van der Waals surface area (Å²) in [6.45, 7) is 3.84. The summed E-state index contributed by atoms with van der Waals surface area (Å²) in [5, 5.41) is 10.5. The number of nitrogens with one attached hydrogen (secondary N) is 2. The molecule has 0 aliphatic rings. The van der Waals surface area contributed by atoms with Crippen LogP contribution in [0.3, 0.4) is 0 Å². The molecule has 1 aromatic heterocycles. The highest BCUT2D eigenvalue weighted by molar-refractivity contribution is 5.98. The molecule has 3 aromatic carbocycles. The van der Waals surface area contributed by atoms with Gasteiger partial charge in [0.15, 0.2) is 0 Å². The summed E-state index contributed by atoms with van der Waals surface area (Å²) in [5.74, 6) is -0.848. The van der Waals surface area contributed by atoms with Crippen molar-refractivity contribution >= 4 is 16.8 Å². The van der Waals surface area contributed by atoms with Crippen molar-refractivity contribution in [2.75, 3.05) is 6.54 Å². The molecule has 4 aromatic rings. The zero-order valence-corrected chi connectivity index (χ0v) is 17.3. The zero-order chi connectivity index (χ0) is 23.0. The van der Waals surface area contributed by atoms with Gasteiger partial charge >= 0.3 is 6.18 Å². The third kappa shape index (κ3) is 3.95. The van der Waals surface area contributed by atoms with Gasteiger partial charge in [0.1, 0.15) is 5.82 Å². The van der Waals surface area contributed by atoms with E-state index in [-0.39, 0.29) is 11.5 Å². The molecule has 0 unspecified atom stereocenters. The number of aromatic nitrogens is 2. The van der Waals surface area contributed by atoms with Gasteiger partial charge in [-0.2, -0.15) is 18.3 Å². The summed E-state index contributed by atoms with van der Waals surface area (Å²) in [4.78, 5) is 12.2. The molecular formula is C24H19F4N3O. The molecule has 0 fully saturated rings. The second kappa shape index (κ2) is 8.11. The van der Waals surface area contributed by atoms with E-state index in [4.69, 9.17) is 0 Å². The lowest BCUT2D eigenvalue weighted by Crippen LogP contribution is -2.22. The summed E-state index contributed by atoms with van der Waals surface area (Å²) < 4.78 is 53.0. The predicted octanol–water partition coefficient (Wildman–Crippen LogP) is 6.11. The first-order chi connectivity index (χ1) is 15.2. The Bertz CT molecular complexity index is 1310. The summed E-state index contributed by atoms with van der Waals surface area (Å²) in [5.41, 5.74) is 2.84. The lowest BCUT2D eigenvalue weighted by atomic mass is 9.96. The van der Waals surface area contributed by atoms with Gasteiger partial charge in [0.2, 0.25) is 0 Å². The molecule has 164 valence electrons. The van der Waals surface area contributed by atoms with Crippen LogP contribution in [-0.4, -0.2) is 22.6 Å². The standard InChI is InChI=1S/C24H19F4N3O/c1-3-29-23(32)16-10-19(13(2)20(25)11-16)15-6-9-18-21(12-15)30-31-22(18)14-4-7-17(8-5-14)24(26,27)28/h4-12H,3H2,1-2H3,(H,29,32)(H,30,31). The first-order valence-electron chi connectivity index (χ1n) is 9.93. The molecule has 0 spiro atoms. The number of benzene rings is 3. The Morgan fingerprint density at radius 3 is 2.38 bits per heavy atom. The molecule has 4 nitrogen and oxygen atoms in total. The third-order valence-corrected chi connectivity index (χ3v) is 5.30. The fourth-order valence-corrected chi connectivity index (χ4v) is 3.60. The quantitative estimate of drug-likeness (QED) is 0.375. The number of H-pyrrole nitrogens is 1. The molecule has 0 radical (unpaired) electrons. The van der Waals surface area contributed by atoms with E-state index in [1.807, 2.05) is 0 Å². The Balaban J connectivity index is 1.74. The highest BCUT2D eigenvalue weighted by atomic mass is 19.4. The van der Waals surface area contributed by atoms with Gasteiger partial charge in [-0.1, -0.05) is 18.2 Å². The number of hydrogen-bond donors (Lipinski definition) is 2. The van der Waals surface area contributed by atoms with Crippen molar-refractivity contribution in [1.82, 2.24) is 15.5 Å². The molecule has 2 N–H and O–H groups in total. The Hall–Kier alpha value is -3.68. The van der Waals surface area contributed by atoms with E-state index in [9.17, 15) is 22.4 Å². The number of rotatable bonds is 4. The summed E-state index contributed by atoms with van der Waals surface area (Å²) in [6, 6.07) is 13.0. The minimum atomic E-state index is -4.41. The van der Waals surface area contributed by atoms with Crippen LogP contribution in [0.5, 0.6) is 0 Å². The summed E-state index contributed by atoms with van der Waals surface area (Å²) in [7, 11) is 0. The molecule has 1 heterocycles. The van der Waals surface area contributed by atoms with Crippen LogP contribution in [-0.2, 0) is 6.18 Å². The summed E-state index contributed by atoms with van der Waals surface area (Å²) >= 11 is 0. The fraction of sp³-hybridized carbons (Fsp3) is 0.167. The Kier molecular flexibility index (Phi) is 5.46. The van der Waals surface area contributed by atoms with Gasteiger partial charge in [-0.3, -0.25) is 9.89 Å². The largest absolute Gasteiger partial charge is 0.416 e. The second-order valence-electron chi connectivity index (χ2n) is 7.40. The number of carbonyl (C=O) groups excluding carboxylic acids is 1. The molecule has 0 aliphatic carbocycles. The lowest BCUT2D eigenvalue weighted by molar-refractivity contribution is -0.137. The minimum absolute atomic E-state index is 0.222. The van der Waals surface area contributed by atoms with Crippen molar-refractivity contribution in [2.45, 2.75) is 20.0 Å². The number of fused-ring (bicyclic) bond motifs is 1. The van der Waals surface area contributed by atoms with Crippen molar-refractivity contribution in [3.63, 3.8) is 0 Å². The van der Waals surface area contributed by atoms with Gasteiger partial charge in [-0.05, 0) is 66.9 Å². The number of amides is 1. The van der Waals surface area contributed by atoms with Gasteiger partial charge in [-0.15, -0.1) is 0 Å². The van der Waals surface area contributed by atoms with Gasteiger partial charge in [-0.25, -0.2) is 4.39 Å². The average molecular weight is 441 g/mol. The highest BCUT2D eigenvalue weighted by Crippen LogP contribution is 2.34. The first kappa shape index (κ1) is 21.5. The monoisotopic (exact) mass is 441 g/mol. The minimum Gasteiger partial charge on any atom is -0.352 e. The molecule has 0 saturated carbocycles. The van der Waals surface area contributed by atoms with E-state index in [1.54, 1.807) is 38.1 Å². The van der Waals surface area contributed by atoms with E-state index in [2.05, 4.69) is 15.5 Å². The maximum absolute atomic E-state index is 14.5. The maximum atomic E-state index is 14.5. The molecule has 1 amide bonds. The number of nitrogens with zero attached hydrogens (tertiary/aromatic N) is 1. The SMILES string of the molecule is CCNC(=O)c1cc(F)c(C)c(-c2ccc3c(-c4ccc(C(F)(F)F)cc4)n[nH]c3c2)c1. The van der Waals surface area contributed by atoms with Gasteiger partial charge in [0.25, 0.3) is 5.91 Å². The molecule has 8 heteroatoms. The van der Waals surface area contributed by atoms with Gasteiger partial charge in [0.05, 0.1) is 16.8 Å². The van der Waals surface area contributed by atoms with Crippen LogP contribution < -0.4 is 5.32 Å². The first-order valence-corrected chi connectivity index (χ1v) is 9.93. The van der Waals surface area contributed by atoms with Crippen LogP contribution in [0.4, 0.5) is 17.6 Å². The van der Waals surface area contributed by atoms with Crippen LogP contribution >= 0.6 is 0 Å². The lowest BCUT2D eigenvalue weighted by Gasteiger charge is -2.11. The average Bonchev–Trinajstić information content (AvgIpc) is 3.18. The molecule has 32 heavy (non-hydrogen) atoms. The van der Waals surface area contributed by atoms with Crippen molar-refractivity contribution in [3.05, 3.63) is 77.1 Å². The normalized spacial score (nSPS) is 11.7. The van der Waals surface area contributed by atoms with Crippen LogP contribution in [0.15, 0.2) is 54.6 Å². The van der Waals surface area contributed by atoms with E-state index < -0.39 is 17.6 Å². The van der Waals surface area contributed by atoms with Crippen LogP contribution in [0.25, 0.3) is 33.3 Å². The van der Waals surface area contributed by atoms with Gasteiger partial charge in [0, 0.05) is 23.1 Å². The van der Waals surface area contributed by atoms with Crippen LogP contribution in [0.2, 0.25) is 0 Å². The number of halogens is 4. The van der Waals surface area contributed by atoms with Crippen molar-refractivity contribution in [2.24, 2.45) is 0 Å². The molecule has 0 atom stereocenters. The molecular weight excluding hydrogens is 422 g/mol. The Morgan fingerprint density at radius 2 is 1.72 bits per heavy atom.